The van der Waals surface area contributed by atoms with Crippen LogP contribution in [0, 0.1) is 0 Å². The van der Waals surface area contributed by atoms with Crippen molar-refractivity contribution in [2.75, 3.05) is 6.16 Å². The molecule has 27 heavy (non-hydrogen) atoms. The Labute approximate surface area is 158 Å². The molecule has 0 radical (unpaired) electrons. The van der Waals surface area contributed by atoms with Crippen molar-refractivity contribution in [3.63, 3.8) is 0 Å². The molecule has 6 heteroatoms. The van der Waals surface area contributed by atoms with E-state index in [0.29, 0.717) is 10.9 Å². The average Bonchev–Trinajstić information content (AvgIpc) is 2.66. The Morgan fingerprint density at radius 1 is 1.00 bits per heavy atom. The number of rotatable bonds is 8. The molecule has 0 aromatic heterocycles. The van der Waals surface area contributed by atoms with Gasteiger partial charge in [-0.3, -0.25) is 4.57 Å². The topological polar surface area (TPSA) is 26.3 Å². The van der Waals surface area contributed by atoms with E-state index in [9.17, 15) is 17.7 Å². The molecule has 2 rings (SSSR count). The van der Waals surface area contributed by atoms with Gasteiger partial charge in [-0.15, -0.1) is 0 Å². The lowest BCUT2D eigenvalue weighted by Crippen LogP contribution is -2.16. The molecule has 0 amide bonds. The van der Waals surface area contributed by atoms with Gasteiger partial charge >= 0.3 is 6.18 Å². The van der Waals surface area contributed by atoms with E-state index >= 15 is 0 Å². The zero-order valence-corrected chi connectivity index (χ0v) is 16.3. The van der Waals surface area contributed by atoms with E-state index in [-0.39, 0.29) is 12.3 Å². The lowest BCUT2D eigenvalue weighted by Gasteiger charge is -2.23. The molecule has 0 saturated carbocycles. The third-order valence-corrected chi connectivity index (χ3v) is 6.69. The second-order valence-corrected chi connectivity index (χ2v) is 8.70. The number of hydrogen-bond acceptors (Lipinski definition) is 2. The lowest BCUT2D eigenvalue weighted by molar-refractivity contribution is -0.137. The Bertz CT molecular complexity index is 779. The Balaban J connectivity index is 2.18. The minimum atomic E-state index is -4.35. The van der Waals surface area contributed by atoms with Crippen molar-refractivity contribution in [3.8, 4) is 0 Å². The molecular formula is C21H24F3O2P. The van der Waals surface area contributed by atoms with Crippen LogP contribution in [-0.4, -0.2) is 12.3 Å². The molecule has 0 N–H and O–H groups in total. The van der Waals surface area contributed by atoms with Crippen LogP contribution >= 0.6 is 7.37 Å². The fraction of sp³-hybridized carbons (Fsp3) is 0.333. The van der Waals surface area contributed by atoms with Crippen molar-refractivity contribution in [1.82, 2.24) is 0 Å². The van der Waals surface area contributed by atoms with Crippen LogP contribution in [0.2, 0.25) is 0 Å². The van der Waals surface area contributed by atoms with Gasteiger partial charge < -0.3 is 4.52 Å². The predicted molar refractivity (Wildman–Crippen MR) is 104 cm³/mol. The molecule has 0 fully saturated rings. The van der Waals surface area contributed by atoms with E-state index in [1.54, 1.807) is 24.3 Å². The van der Waals surface area contributed by atoms with E-state index < -0.39 is 19.1 Å². The molecule has 2 nitrogen and oxygen atoms in total. The summed E-state index contributed by atoms with van der Waals surface area (Å²) in [7, 11) is -3.10. The molecule has 0 spiro atoms. The van der Waals surface area contributed by atoms with Crippen molar-refractivity contribution in [3.05, 3.63) is 71.8 Å². The molecule has 0 unspecified atom stereocenters. The van der Waals surface area contributed by atoms with E-state index in [4.69, 9.17) is 4.52 Å². The van der Waals surface area contributed by atoms with Gasteiger partial charge in [0.05, 0.1) is 11.7 Å². The minimum absolute atomic E-state index is 0.101. The highest BCUT2D eigenvalue weighted by atomic mass is 31.2. The molecule has 0 saturated heterocycles. The van der Waals surface area contributed by atoms with Crippen molar-refractivity contribution in [2.45, 2.75) is 39.0 Å². The maximum absolute atomic E-state index is 13.5. The van der Waals surface area contributed by atoms with Gasteiger partial charge in [0, 0.05) is 11.5 Å². The maximum Gasteiger partial charge on any atom is 0.416 e. The fourth-order valence-corrected chi connectivity index (χ4v) is 4.86. The molecule has 1 atom stereocenters. The van der Waals surface area contributed by atoms with Crippen LogP contribution in [0.3, 0.4) is 0 Å². The number of alkyl halides is 3. The summed E-state index contributed by atoms with van der Waals surface area (Å²) in [4.78, 5) is 0. The largest absolute Gasteiger partial charge is 0.416 e. The first-order chi connectivity index (χ1) is 12.8. The van der Waals surface area contributed by atoms with Crippen molar-refractivity contribution in [1.29, 1.82) is 0 Å². The predicted octanol–water partition coefficient (Wildman–Crippen LogP) is 6.53. The molecule has 146 valence electrons. The Morgan fingerprint density at radius 2 is 1.59 bits per heavy atom. The van der Waals surface area contributed by atoms with Gasteiger partial charge in [-0.2, -0.15) is 13.2 Å². The summed E-state index contributed by atoms with van der Waals surface area (Å²) in [6.45, 7) is 3.98. The van der Waals surface area contributed by atoms with Crippen LogP contribution in [0.5, 0.6) is 0 Å². The quantitative estimate of drug-likeness (QED) is 0.475. The van der Waals surface area contributed by atoms with Crippen LogP contribution in [0.1, 0.15) is 37.8 Å². The number of halogens is 3. The van der Waals surface area contributed by atoms with Crippen LogP contribution in [0.15, 0.2) is 60.7 Å². The zero-order chi connectivity index (χ0) is 19.9. The number of benzene rings is 2. The van der Waals surface area contributed by atoms with Gasteiger partial charge in [0.15, 0.2) is 0 Å². The normalized spacial score (nSPS) is 14.6. The van der Waals surface area contributed by atoms with E-state index in [2.05, 4.69) is 0 Å². The van der Waals surface area contributed by atoms with Gasteiger partial charge in [-0.05, 0) is 42.7 Å². The van der Waals surface area contributed by atoms with Crippen LogP contribution in [0.25, 0.3) is 6.08 Å². The third-order valence-electron chi connectivity index (χ3n) is 4.27. The van der Waals surface area contributed by atoms with Crippen molar-refractivity contribution < 1.29 is 22.3 Å². The maximum atomic E-state index is 13.5. The molecule has 0 aliphatic heterocycles. The summed E-state index contributed by atoms with van der Waals surface area (Å²) in [6, 6.07) is 13.9. The summed E-state index contributed by atoms with van der Waals surface area (Å²) in [5.41, 5.74) is -0.0724. The minimum Gasteiger partial charge on any atom is -0.322 e. The summed E-state index contributed by atoms with van der Waals surface area (Å²) >= 11 is 0. The molecule has 2 aromatic rings. The molecular weight excluding hydrogens is 372 g/mol. The summed E-state index contributed by atoms with van der Waals surface area (Å²) < 4.78 is 57.4. The highest BCUT2D eigenvalue weighted by Crippen LogP contribution is 2.48. The third kappa shape index (κ3) is 6.08. The second kappa shape index (κ2) is 9.38. The highest BCUT2D eigenvalue weighted by molar-refractivity contribution is 7.67. The molecule has 0 aliphatic carbocycles. The van der Waals surface area contributed by atoms with Gasteiger partial charge in [0.25, 0.3) is 0 Å². The number of hydrogen-bond donors (Lipinski definition) is 0. The van der Waals surface area contributed by atoms with E-state index in [1.165, 1.54) is 12.1 Å². The second-order valence-electron chi connectivity index (χ2n) is 6.26. The van der Waals surface area contributed by atoms with Gasteiger partial charge in [0.1, 0.15) is 0 Å². The van der Waals surface area contributed by atoms with E-state index in [0.717, 1.165) is 25.0 Å². The van der Waals surface area contributed by atoms with Gasteiger partial charge in [-0.1, -0.05) is 56.3 Å². The molecule has 0 aliphatic rings. The van der Waals surface area contributed by atoms with E-state index in [1.807, 2.05) is 32.0 Å². The summed E-state index contributed by atoms with van der Waals surface area (Å²) in [5, 5.41) is 0.647. The average molecular weight is 396 g/mol. The Kier molecular flexibility index (Phi) is 7.46. The lowest BCUT2D eigenvalue weighted by atomic mass is 10.1. The first-order valence-corrected chi connectivity index (χ1v) is 10.8. The van der Waals surface area contributed by atoms with Crippen LogP contribution in [-0.2, 0) is 15.3 Å². The molecule has 0 heterocycles. The monoisotopic (exact) mass is 396 g/mol. The van der Waals surface area contributed by atoms with Crippen LogP contribution in [0.4, 0.5) is 13.2 Å². The van der Waals surface area contributed by atoms with Crippen LogP contribution < -0.4 is 5.30 Å². The van der Waals surface area contributed by atoms with Crippen molar-refractivity contribution in [2.24, 2.45) is 0 Å². The Morgan fingerprint density at radius 3 is 2.11 bits per heavy atom. The standard InChI is InChI=1S/C21H24F3O2P/c1-3-19(4-2)26-27(25,20-10-6-5-7-11-20)16-8-9-17-12-14-18(15-13-17)21(22,23)24/h5-15,19H,3-4,16H2,1-2H3/b9-8+/t27-/m1/s1. The first kappa shape index (κ1) is 21.5. The van der Waals surface area contributed by atoms with Crippen molar-refractivity contribution >= 4 is 18.7 Å². The Hall–Kier alpha value is -1.84. The number of allylic oxidation sites excluding steroid dienone is 1. The summed E-state index contributed by atoms with van der Waals surface area (Å²) in [5.74, 6) is 0. The zero-order valence-electron chi connectivity index (χ0n) is 15.4. The van der Waals surface area contributed by atoms with Gasteiger partial charge in [0.2, 0.25) is 7.37 Å². The first-order valence-electron chi connectivity index (χ1n) is 8.95. The fourth-order valence-electron chi connectivity index (χ4n) is 2.65. The molecule has 2 aromatic carbocycles. The molecule has 0 bridgehead atoms. The smallest absolute Gasteiger partial charge is 0.322 e. The highest BCUT2D eigenvalue weighted by Gasteiger charge is 2.30. The summed E-state index contributed by atoms with van der Waals surface area (Å²) in [6.07, 6.45) is 0.634. The SMILES string of the molecule is CCC(CC)O[P@](=O)(C/C=C/c1ccc(C(F)(F)F)cc1)c1ccccc1. The van der Waals surface area contributed by atoms with Gasteiger partial charge in [-0.25, -0.2) is 0 Å².